The topological polar surface area (TPSA) is 20.3 Å². The lowest BCUT2D eigenvalue weighted by Gasteiger charge is -2.29. The summed E-state index contributed by atoms with van der Waals surface area (Å²) in [4.78, 5) is 16.0. The Labute approximate surface area is 140 Å². The summed E-state index contributed by atoms with van der Waals surface area (Å²) >= 11 is 7.71. The Balaban J connectivity index is 1.73. The van der Waals surface area contributed by atoms with Gasteiger partial charge in [-0.05, 0) is 48.9 Å². The number of hydrogen-bond donors (Lipinski definition) is 0. The maximum atomic E-state index is 12.7. The largest absolute Gasteiger partial charge is 0.335 e. The molecule has 4 heteroatoms. The molecule has 0 unspecified atom stereocenters. The Bertz CT molecular complexity index is 619. The summed E-state index contributed by atoms with van der Waals surface area (Å²) in [5, 5.41) is 2.82. The van der Waals surface area contributed by atoms with Crippen LogP contribution in [0.2, 0.25) is 5.02 Å². The fourth-order valence-electron chi connectivity index (χ4n) is 2.63. The lowest BCUT2D eigenvalue weighted by molar-refractivity contribution is -0.135. The summed E-state index contributed by atoms with van der Waals surface area (Å²) in [6.45, 7) is 2.81. The molecule has 1 amide bonds. The van der Waals surface area contributed by atoms with Crippen molar-refractivity contribution in [3.8, 4) is 0 Å². The van der Waals surface area contributed by atoms with Gasteiger partial charge in [0.05, 0.1) is 0 Å². The molecular weight excluding hydrogens is 314 g/mol. The first-order valence-corrected chi connectivity index (χ1v) is 8.96. The van der Waals surface area contributed by atoms with Gasteiger partial charge in [0.1, 0.15) is 0 Å². The molecule has 0 radical (unpaired) electrons. The Morgan fingerprint density at radius 3 is 2.64 bits per heavy atom. The second kappa shape index (κ2) is 6.84. The number of amides is 1. The van der Waals surface area contributed by atoms with Crippen molar-refractivity contribution in [2.45, 2.75) is 38.8 Å². The van der Waals surface area contributed by atoms with Crippen LogP contribution in [0.3, 0.4) is 0 Å². The molecule has 2 aromatic rings. The van der Waals surface area contributed by atoms with Crippen molar-refractivity contribution in [1.29, 1.82) is 0 Å². The SMILES string of the molecule is C[C@@H](Cc1cccs1)N(Cc1ccc(Cl)cc1)C(=O)C1CC1. The number of benzene rings is 1. The molecule has 1 atom stereocenters. The Morgan fingerprint density at radius 2 is 2.05 bits per heavy atom. The van der Waals surface area contributed by atoms with Crippen molar-refractivity contribution in [3.05, 3.63) is 57.2 Å². The van der Waals surface area contributed by atoms with Crippen LogP contribution in [-0.4, -0.2) is 16.8 Å². The third kappa shape index (κ3) is 3.90. The maximum absolute atomic E-state index is 12.7. The molecule has 22 heavy (non-hydrogen) atoms. The van der Waals surface area contributed by atoms with Gasteiger partial charge in [-0.3, -0.25) is 4.79 Å². The molecule has 0 aliphatic heterocycles. The van der Waals surface area contributed by atoms with E-state index >= 15 is 0 Å². The molecule has 1 saturated carbocycles. The number of thiophene rings is 1. The van der Waals surface area contributed by atoms with E-state index < -0.39 is 0 Å². The van der Waals surface area contributed by atoms with Crippen LogP contribution >= 0.6 is 22.9 Å². The molecule has 1 fully saturated rings. The van der Waals surface area contributed by atoms with Crippen LogP contribution in [0.25, 0.3) is 0 Å². The normalized spacial score (nSPS) is 15.5. The zero-order chi connectivity index (χ0) is 15.5. The maximum Gasteiger partial charge on any atom is 0.226 e. The highest BCUT2D eigenvalue weighted by atomic mass is 35.5. The van der Waals surface area contributed by atoms with E-state index in [1.165, 1.54) is 4.88 Å². The molecule has 0 saturated heterocycles. The van der Waals surface area contributed by atoms with Gasteiger partial charge in [0.15, 0.2) is 0 Å². The van der Waals surface area contributed by atoms with Crippen molar-refractivity contribution < 1.29 is 4.79 Å². The van der Waals surface area contributed by atoms with E-state index in [1.54, 1.807) is 11.3 Å². The van der Waals surface area contributed by atoms with Crippen molar-refractivity contribution in [2.24, 2.45) is 5.92 Å². The third-order valence-electron chi connectivity index (χ3n) is 4.08. The molecule has 2 nitrogen and oxygen atoms in total. The standard InChI is InChI=1S/C18H20ClNOS/c1-13(11-17-3-2-10-22-17)20(18(21)15-6-7-15)12-14-4-8-16(19)9-5-14/h2-5,8-10,13,15H,6-7,11-12H2,1H3/t13-/m0/s1. The van der Waals surface area contributed by atoms with Gasteiger partial charge in [0.2, 0.25) is 5.91 Å². The van der Waals surface area contributed by atoms with Gasteiger partial charge in [0, 0.05) is 34.8 Å². The molecular formula is C18H20ClNOS. The Hall–Kier alpha value is -1.32. The van der Waals surface area contributed by atoms with Crippen molar-refractivity contribution >= 4 is 28.8 Å². The molecule has 1 heterocycles. The van der Waals surface area contributed by atoms with E-state index in [0.29, 0.717) is 12.5 Å². The minimum Gasteiger partial charge on any atom is -0.335 e. The fraction of sp³-hybridized carbons (Fsp3) is 0.389. The number of nitrogens with zero attached hydrogens (tertiary/aromatic N) is 1. The molecule has 1 aromatic carbocycles. The van der Waals surface area contributed by atoms with Gasteiger partial charge in [0.25, 0.3) is 0 Å². The quantitative estimate of drug-likeness (QED) is 0.745. The Morgan fingerprint density at radius 1 is 1.32 bits per heavy atom. The number of hydrogen-bond acceptors (Lipinski definition) is 2. The summed E-state index contributed by atoms with van der Waals surface area (Å²) in [7, 11) is 0. The first-order valence-electron chi connectivity index (χ1n) is 7.71. The fourth-order valence-corrected chi connectivity index (χ4v) is 3.58. The molecule has 0 N–H and O–H groups in total. The molecule has 3 rings (SSSR count). The molecule has 0 spiro atoms. The van der Waals surface area contributed by atoms with E-state index in [0.717, 1.165) is 29.8 Å². The van der Waals surface area contributed by atoms with Gasteiger partial charge in [-0.1, -0.05) is 29.8 Å². The summed E-state index contributed by atoms with van der Waals surface area (Å²) in [6, 6.07) is 12.2. The number of carbonyl (C=O) groups excluding carboxylic acids is 1. The number of carbonyl (C=O) groups is 1. The highest BCUT2D eigenvalue weighted by Crippen LogP contribution is 2.32. The van der Waals surface area contributed by atoms with Crippen molar-refractivity contribution in [2.75, 3.05) is 0 Å². The molecule has 1 aliphatic carbocycles. The van der Waals surface area contributed by atoms with Gasteiger partial charge in [-0.15, -0.1) is 11.3 Å². The zero-order valence-electron chi connectivity index (χ0n) is 12.7. The van der Waals surface area contributed by atoms with E-state index in [9.17, 15) is 4.79 Å². The Kier molecular flexibility index (Phi) is 4.84. The van der Waals surface area contributed by atoms with Crippen LogP contribution in [0.5, 0.6) is 0 Å². The minimum atomic E-state index is 0.211. The average molecular weight is 334 g/mol. The van der Waals surface area contributed by atoms with Crippen molar-refractivity contribution in [1.82, 2.24) is 4.90 Å². The molecule has 1 aliphatic rings. The van der Waals surface area contributed by atoms with Gasteiger partial charge < -0.3 is 4.90 Å². The van der Waals surface area contributed by atoms with E-state index in [1.807, 2.05) is 29.2 Å². The van der Waals surface area contributed by atoms with Gasteiger partial charge in [-0.2, -0.15) is 0 Å². The summed E-state index contributed by atoms with van der Waals surface area (Å²) in [5.74, 6) is 0.553. The van der Waals surface area contributed by atoms with Crippen LogP contribution in [0.15, 0.2) is 41.8 Å². The second-order valence-electron chi connectivity index (χ2n) is 6.00. The minimum absolute atomic E-state index is 0.211. The average Bonchev–Trinajstić information content (AvgIpc) is 3.24. The van der Waals surface area contributed by atoms with Crippen LogP contribution in [0.1, 0.15) is 30.2 Å². The number of rotatable bonds is 6. The summed E-state index contributed by atoms with van der Waals surface area (Å²) in [5.41, 5.74) is 1.14. The number of halogens is 1. The van der Waals surface area contributed by atoms with Gasteiger partial charge >= 0.3 is 0 Å². The van der Waals surface area contributed by atoms with E-state index in [2.05, 4.69) is 24.4 Å². The van der Waals surface area contributed by atoms with Crippen molar-refractivity contribution in [3.63, 3.8) is 0 Å². The summed E-state index contributed by atoms with van der Waals surface area (Å²) in [6.07, 6.45) is 3.01. The zero-order valence-corrected chi connectivity index (χ0v) is 14.2. The van der Waals surface area contributed by atoms with E-state index in [4.69, 9.17) is 11.6 Å². The summed E-state index contributed by atoms with van der Waals surface area (Å²) < 4.78 is 0. The predicted octanol–water partition coefficient (Wildman–Crippen LogP) is 4.77. The first-order chi connectivity index (χ1) is 10.6. The predicted molar refractivity (Wildman–Crippen MR) is 92.2 cm³/mol. The van der Waals surface area contributed by atoms with Crippen LogP contribution < -0.4 is 0 Å². The van der Waals surface area contributed by atoms with Crippen LogP contribution in [-0.2, 0) is 17.8 Å². The molecule has 0 bridgehead atoms. The molecule has 1 aromatic heterocycles. The monoisotopic (exact) mass is 333 g/mol. The lowest BCUT2D eigenvalue weighted by atomic mass is 10.1. The van der Waals surface area contributed by atoms with Gasteiger partial charge in [-0.25, -0.2) is 0 Å². The lowest BCUT2D eigenvalue weighted by Crippen LogP contribution is -2.40. The van der Waals surface area contributed by atoms with E-state index in [-0.39, 0.29) is 12.0 Å². The third-order valence-corrected chi connectivity index (χ3v) is 5.24. The second-order valence-corrected chi connectivity index (χ2v) is 7.47. The van der Waals surface area contributed by atoms with Crippen LogP contribution in [0, 0.1) is 5.92 Å². The first kappa shape index (κ1) is 15.6. The molecule has 116 valence electrons. The smallest absolute Gasteiger partial charge is 0.226 e. The highest BCUT2D eigenvalue weighted by molar-refractivity contribution is 7.09. The van der Waals surface area contributed by atoms with Crippen LogP contribution in [0.4, 0.5) is 0 Å². The highest BCUT2D eigenvalue weighted by Gasteiger charge is 2.35.